The second-order valence-corrected chi connectivity index (χ2v) is 6.48. The zero-order valence-corrected chi connectivity index (χ0v) is 15.6. The van der Waals surface area contributed by atoms with Gasteiger partial charge in [0.1, 0.15) is 12.4 Å². The molecule has 0 atom stereocenters. The fourth-order valence-electron chi connectivity index (χ4n) is 2.35. The molecule has 136 valence electrons. The molecule has 25 heavy (non-hydrogen) atoms. The van der Waals surface area contributed by atoms with Crippen molar-refractivity contribution in [2.45, 2.75) is 19.6 Å². The van der Waals surface area contributed by atoms with E-state index in [1.807, 2.05) is 30.3 Å². The molecule has 0 aromatic heterocycles. The van der Waals surface area contributed by atoms with Gasteiger partial charge in [-0.05, 0) is 37.7 Å². The summed E-state index contributed by atoms with van der Waals surface area (Å²) in [5, 5.41) is 16.5. The molecule has 0 saturated heterocycles. The van der Waals surface area contributed by atoms with Crippen LogP contribution in [0.2, 0.25) is 10.0 Å². The summed E-state index contributed by atoms with van der Waals surface area (Å²) < 4.78 is 5.95. The Morgan fingerprint density at radius 3 is 2.52 bits per heavy atom. The minimum absolute atomic E-state index is 0.176. The Bertz CT molecular complexity index is 653. The van der Waals surface area contributed by atoms with Gasteiger partial charge in [-0.1, -0.05) is 47.5 Å². The van der Waals surface area contributed by atoms with Crippen LogP contribution in [0.4, 0.5) is 0 Å². The van der Waals surface area contributed by atoms with E-state index in [1.165, 1.54) is 0 Å². The van der Waals surface area contributed by atoms with E-state index in [1.54, 1.807) is 6.07 Å². The van der Waals surface area contributed by atoms with Crippen LogP contribution >= 0.6 is 23.2 Å². The van der Waals surface area contributed by atoms with Crippen molar-refractivity contribution >= 4 is 23.2 Å². The van der Waals surface area contributed by atoms with Crippen LogP contribution in [-0.2, 0) is 13.2 Å². The summed E-state index contributed by atoms with van der Waals surface area (Å²) in [6.45, 7) is 3.75. The van der Waals surface area contributed by atoms with Crippen molar-refractivity contribution in [1.29, 1.82) is 0 Å². The smallest absolute Gasteiger partial charge is 0.124 e. The molecular formula is C19H24Cl2N2O2. The molecule has 0 fully saturated rings. The minimum atomic E-state index is 0.176. The Balaban J connectivity index is 1.81. The van der Waals surface area contributed by atoms with Gasteiger partial charge in [0.15, 0.2) is 0 Å². The van der Waals surface area contributed by atoms with Crippen LogP contribution < -0.4 is 15.4 Å². The maximum absolute atomic E-state index is 8.70. The van der Waals surface area contributed by atoms with Gasteiger partial charge in [-0.15, -0.1) is 0 Å². The van der Waals surface area contributed by atoms with Crippen molar-refractivity contribution in [3.63, 3.8) is 0 Å². The summed E-state index contributed by atoms with van der Waals surface area (Å²) in [6, 6.07) is 13.4. The molecular weight excluding hydrogens is 359 g/mol. The van der Waals surface area contributed by atoms with Crippen LogP contribution in [0.15, 0.2) is 42.5 Å². The summed E-state index contributed by atoms with van der Waals surface area (Å²) >= 11 is 12.1. The normalized spacial score (nSPS) is 10.8. The van der Waals surface area contributed by atoms with Crippen molar-refractivity contribution < 1.29 is 9.84 Å². The molecule has 2 aromatic carbocycles. The third kappa shape index (κ3) is 7.22. The molecule has 0 heterocycles. The fraction of sp³-hybridized carbons (Fsp3) is 0.368. The van der Waals surface area contributed by atoms with Crippen molar-refractivity contribution in [2.24, 2.45) is 0 Å². The molecule has 2 rings (SSSR count). The fourth-order valence-corrected chi connectivity index (χ4v) is 2.81. The maximum atomic E-state index is 8.70. The van der Waals surface area contributed by atoms with Gasteiger partial charge in [-0.25, -0.2) is 0 Å². The lowest BCUT2D eigenvalue weighted by atomic mass is 10.2. The number of nitrogens with one attached hydrogen (secondary N) is 2. The van der Waals surface area contributed by atoms with E-state index >= 15 is 0 Å². The summed E-state index contributed by atoms with van der Waals surface area (Å²) in [5.74, 6) is 0.847. The lowest BCUT2D eigenvalue weighted by Crippen LogP contribution is -2.24. The number of para-hydroxylation sites is 1. The number of hydrogen-bond acceptors (Lipinski definition) is 4. The maximum Gasteiger partial charge on any atom is 0.124 e. The molecule has 0 radical (unpaired) electrons. The highest BCUT2D eigenvalue weighted by Gasteiger charge is 2.06. The van der Waals surface area contributed by atoms with E-state index in [4.69, 9.17) is 33.0 Å². The molecule has 0 unspecified atom stereocenters. The van der Waals surface area contributed by atoms with Crippen molar-refractivity contribution in [1.82, 2.24) is 10.6 Å². The Morgan fingerprint density at radius 1 is 0.920 bits per heavy atom. The van der Waals surface area contributed by atoms with E-state index in [0.717, 1.165) is 42.9 Å². The number of aliphatic hydroxyl groups is 1. The molecule has 0 aliphatic heterocycles. The number of hydrogen-bond donors (Lipinski definition) is 3. The molecule has 0 spiro atoms. The molecule has 6 heteroatoms. The molecule has 4 nitrogen and oxygen atoms in total. The molecule has 0 aliphatic rings. The van der Waals surface area contributed by atoms with Crippen molar-refractivity contribution in [2.75, 3.05) is 26.2 Å². The highest BCUT2D eigenvalue weighted by atomic mass is 35.5. The third-order valence-corrected chi connectivity index (χ3v) is 4.27. The predicted molar refractivity (Wildman–Crippen MR) is 104 cm³/mol. The van der Waals surface area contributed by atoms with Crippen molar-refractivity contribution in [3.8, 4) is 5.75 Å². The largest absolute Gasteiger partial charge is 0.489 e. The second-order valence-electron chi connectivity index (χ2n) is 5.64. The SMILES string of the molecule is OCCNCCCNCc1ccccc1OCc1ccc(Cl)cc1Cl. The standard InChI is InChI=1S/C19H24Cl2N2O2/c20-17-7-6-16(18(21)12-17)14-25-19-5-2-1-4-15(19)13-23-9-3-8-22-10-11-24/h1-2,4-7,12,22-24H,3,8-11,13-14H2. The van der Waals surface area contributed by atoms with Crippen LogP contribution in [0.3, 0.4) is 0 Å². The van der Waals surface area contributed by atoms with Crippen LogP contribution in [0.5, 0.6) is 5.75 Å². The predicted octanol–water partition coefficient (Wildman–Crippen LogP) is 3.63. The average Bonchev–Trinajstić information content (AvgIpc) is 2.61. The van der Waals surface area contributed by atoms with E-state index in [9.17, 15) is 0 Å². The first-order chi connectivity index (χ1) is 12.2. The average molecular weight is 383 g/mol. The topological polar surface area (TPSA) is 53.5 Å². The van der Waals surface area contributed by atoms with Gasteiger partial charge in [-0.2, -0.15) is 0 Å². The van der Waals surface area contributed by atoms with Crippen LogP contribution in [0.25, 0.3) is 0 Å². The number of ether oxygens (including phenoxy) is 1. The second kappa shape index (κ2) is 11.3. The first kappa shape index (κ1) is 20.0. The minimum Gasteiger partial charge on any atom is -0.489 e. The Hall–Kier alpha value is -1.30. The molecule has 0 aliphatic carbocycles. The number of benzene rings is 2. The Labute approximate surface area is 159 Å². The number of aliphatic hydroxyl groups excluding tert-OH is 1. The summed E-state index contributed by atoms with van der Waals surface area (Å²) in [4.78, 5) is 0. The monoisotopic (exact) mass is 382 g/mol. The van der Waals surface area contributed by atoms with E-state index in [0.29, 0.717) is 23.2 Å². The first-order valence-electron chi connectivity index (χ1n) is 8.37. The molecule has 0 saturated carbocycles. The quantitative estimate of drug-likeness (QED) is 0.519. The van der Waals surface area contributed by atoms with Gasteiger partial charge in [0.05, 0.1) is 6.61 Å². The van der Waals surface area contributed by atoms with Gasteiger partial charge in [-0.3, -0.25) is 0 Å². The van der Waals surface area contributed by atoms with Gasteiger partial charge in [0.25, 0.3) is 0 Å². The number of halogens is 2. The van der Waals surface area contributed by atoms with Gasteiger partial charge in [0.2, 0.25) is 0 Å². The zero-order chi connectivity index (χ0) is 17.9. The third-order valence-electron chi connectivity index (χ3n) is 3.68. The van der Waals surface area contributed by atoms with E-state index in [2.05, 4.69) is 16.7 Å². The molecule has 3 N–H and O–H groups in total. The van der Waals surface area contributed by atoms with E-state index in [-0.39, 0.29) is 6.61 Å². The lowest BCUT2D eigenvalue weighted by Gasteiger charge is -2.13. The van der Waals surface area contributed by atoms with Crippen LogP contribution in [-0.4, -0.2) is 31.3 Å². The Kier molecular flexibility index (Phi) is 9.08. The van der Waals surface area contributed by atoms with Gasteiger partial charge < -0.3 is 20.5 Å². The van der Waals surface area contributed by atoms with Crippen LogP contribution in [0, 0.1) is 0 Å². The lowest BCUT2D eigenvalue weighted by molar-refractivity contribution is 0.292. The molecule has 2 aromatic rings. The van der Waals surface area contributed by atoms with Crippen LogP contribution in [0.1, 0.15) is 17.5 Å². The first-order valence-corrected chi connectivity index (χ1v) is 9.13. The summed E-state index contributed by atoms with van der Waals surface area (Å²) in [7, 11) is 0. The zero-order valence-electron chi connectivity index (χ0n) is 14.1. The van der Waals surface area contributed by atoms with Gasteiger partial charge in [0, 0.05) is 34.3 Å². The Morgan fingerprint density at radius 2 is 1.72 bits per heavy atom. The highest BCUT2D eigenvalue weighted by Crippen LogP contribution is 2.24. The summed E-state index contributed by atoms with van der Waals surface area (Å²) in [5.41, 5.74) is 2.01. The highest BCUT2D eigenvalue weighted by molar-refractivity contribution is 6.35. The molecule has 0 amide bonds. The van der Waals surface area contributed by atoms with E-state index < -0.39 is 0 Å². The number of rotatable bonds is 11. The van der Waals surface area contributed by atoms with Gasteiger partial charge >= 0.3 is 0 Å². The van der Waals surface area contributed by atoms with Crippen molar-refractivity contribution in [3.05, 3.63) is 63.6 Å². The summed E-state index contributed by atoms with van der Waals surface area (Å²) in [6.07, 6.45) is 1.00. The molecule has 0 bridgehead atoms.